The van der Waals surface area contributed by atoms with Gasteiger partial charge in [-0.05, 0) is 43.4 Å². The Morgan fingerprint density at radius 2 is 1.88 bits per heavy atom. The monoisotopic (exact) mass is 361 g/mol. The molecule has 0 aromatic heterocycles. The third kappa shape index (κ3) is 3.67. The molecule has 1 aliphatic carbocycles. The van der Waals surface area contributed by atoms with Crippen molar-refractivity contribution < 1.29 is 9.59 Å². The molecule has 4 rings (SSSR count). The minimum Gasteiger partial charge on any atom is -0.336 e. The number of carbonyl (C=O) groups excluding carboxylic acids is 2. The number of piperazine rings is 1. The van der Waals surface area contributed by atoms with E-state index in [1.54, 1.807) is 23.1 Å². The Morgan fingerprint density at radius 1 is 1.12 bits per heavy atom. The van der Waals surface area contributed by atoms with E-state index in [-0.39, 0.29) is 11.8 Å². The number of hydrogen-bond acceptors (Lipinski definition) is 3. The Bertz CT molecular complexity index is 681. The number of anilines is 1. The average Bonchev–Trinajstić information content (AvgIpc) is 3.33. The molecule has 6 heteroatoms. The predicted octanol–water partition coefficient (Wildman–Crippen LogP) is 2.63. The first kappa shape index (κ1) is 16.9. The Hall–Kier alpha value is -1.59. The van der Waals surface area contributed by atoms with Crippen molar-refractivity contribution in [3.8, 4) is 0 Å². The molecule has 0 unspecified atom stereocenters. The van der Waals surface area contributed by atoms with E-state index >= 15 is 0 Å². The molecule has 0 spiro atoms. The molecular weight excluding hydrogens is 338 g/mol. The van der Waals surface area contributed by atoms with Gasteiger partial charge in [-0.3, -0.25) is 14.5 Å². The lowest BCUT2D eigenvalue weighted by Gasteiger charge is -2.35. The zero-order valence-electron chi connectivity index (χ0n) is 14.4. The molecule has 0 N–H and O–H groups in total. The molecule has 2 aliphatic heterocycles. The third-order valence-electron chi connectivity index (χ3n) is 5.43. The van der Waals surface area contributed by atoms with Crippen LogP contribution in [0.5, 0.6) is 0 Å². The second-order valence-electron chi connectivity index (χ2n) is 7.35. The van der Waals surface area contributed by atoms with Crippen molar-refractivity contribution in [2.75, 3.05) is 44.2 Å². The van der Waals surface area contributed by atoms with Gasteiger partial charge in [0.1, 0.15) is 0 Å². The summed E-state index contributed by atoms with van der Waals surface area (Å²) in [7, 11) is 0. The van der Waals surface area contributed by atoms with Crippen molar-refractivity contribution >= 4 is 29.1 Å². The van der Waals surface area contributed by atoms with Gasteiger partial charge < -0.3 is 9.80 Å². The Morgan fingerprint density at radius 3 is 2.52 bits per heavy atom. The van der Waals surface area contributed by atoms with Crippen molar-refractivity contribution in [3.05, 3.63) is 28.8 Å². The quantitative estimate of drug-likeness (QED) is 0.828. The minimum atomic E-state index is 0.0115. The van der Waals surface area contributed by atoms with Gasteiger partial charge in [0.2, 0.25) is 5.91 Å². The fourth-order valence-corrected chi connectivity index (χ4v) is 3.95. The molecule has 134 valence electrons. The molecule has 1 saturated carbocycles. The van der Waals surface area contributed by atoms with Crippen LogP contribution in [0.3, 0.4) is 0 Å². The SMILES string of the molecule is O=C(c1ccc(Cl)cc1N1CCCC1=O)N1CCN(CC2CC2)CC1. The van der Waals surface area contributed by atoms with Crippen LogP contribution in [0.15, 0.2) is 18.2 Å². The molecule has 0 radical (unpaired) electrons. The van der Waals surface area contributed by atoms with Gasteiger partial charge in [-0.15, -0.1) is 0 Å². The molecule has 2 amide bonds. The predicted molar refractivity (Wildman–Crippen MR) is 98.1 cm³/mol. The van der Waals surface area contributed by atoms with Gasteiger partial charge >= 0.3 is 0 Å². The van der Waals surface area contributed by atoms with Crippen LogP contribution in [-0.2, 0) is 4.79 Å². The van der Waals surface area contributed by atoms with E-state index < -0.39 is 0 Å². The highest BCUT2D eigenvalue weighted by atomic mass is 35.5. The number of hydrogen-bond donors (Lipinski definition) is 0. The van der Waals surface area contributed by atoms with Crippen molar-refractivity contribution in [1.29, 1.82) is 0 Å². The number of rotatable bonds is 4. The summed E-state index contributed by atoms with van der Waals surface area (Å²) in [5.41, 5.74) is 1.26. The van der Waals surface area contributed by atoms with E-state index in [0.29, 0.717) is 29.2 Å². The van der Waals surface area contributed by atoms with Gasteiger partial charge in [-0.25, -0.2) is 0 Å². The summed E-state index contributed by atoms with van der Waals surface area (Å²) in [6, 6.07) is 5.26. The maximum atomic E-state index is 13.1. The number of nitrogens with zero attached hydrogens (tertiary/aromatic N) is 3. The smallest absolute Gasteiger partial charge is 0.256 e. The van der Waals surface area contributed by atoms with Crippen molar-refractivity contribution in [2.24, 2.45) is 5.92 Å². The molecule has 3 aliphatic rings. The van der Waals surface area contributed by atoms with E-state index in [1.807, 2.05) is 4.90 Å². The normalized spacial score (nSPS) is 21.9. The molecule has 2 saturated heterocycles. The van der Waals surface area contributed by atoms with E-state index in [0.717, 1.165) is 38.5 Å². The highest BCUT2D eigenvalue weighted by Crippen LogP contribution is 2.31. The number of carbonyl (C=O) groups is 2. The van der Waals surface area contributed by atoms with Crippen LogP contribution in [0.25, 0.3) is 0 Å². The van der Waals surface area contributed by atoms with Crippen LogP contribution in [0.1, 0.15) is 36.0 Å². The fraction of sp³-hybridized carbons (Fsp3) is 0.579. The molecule has 2 heterocycles. The minimum absolute atomic E-state index is 0.0115. The van der Waals surface area contributed by atoms with Gasteiger partial charge in [0.05, 0.1) is 11.3 Å². The van der Waals surface area contributed by atoms with E-state index in [4.69, 9.17) is 11.6 Å². The van der Waals surface area contributed by atoms with Crippen molar-refractivity contribution in [1.82, 2.24) is 9.80 Å². The molecule has 1 aromatic carbocycles. The van der Waals surface area contributed by atoms with E-state index in [1.165, 1.54) is 19.4 Å². The molecule has 1 aromatic rings. The second-order valence-corrected chi connectivity index (χ2v) is 7.78. The summed E-state index contributed by atoms with van der Waals surface area (Å²) < 4.78 is 0. The molecular formula is C19H24ClN3O2. The van der Waals surface area contributed by atoms with Crippen molar-refractivity contribution in [2.45, 2.75) is 25.7 Å². The Kier molecular flexibility index (Phi) is 4.69. The standard InChI is InChI=1S/C19H24ClN3O2/c20-15-5-6-16(17(12-15)23-7-1-2-18(23)24)19(25)22-10-8-21(9-11-22)13-14-3-4-14/h5-6,12,14H,1-4,7-11,13H2. The number of benzene rings is 1. The largest absolute Gasteiger partial charge is 0.336 e. The lowest BCUT2D eigenvalue weighted by atomic mass is 10.1. The van der Waals surface area contributed by atoms with E-state index in [2.05, 4.69) is 4.90 Å². The van der Waals surface area contributed by atoms with Gasteiger partial charge in [0.15, 0.2) is 0 Å². The van der Waals surface area contributed by atoms with Gasteiger partial charge in [0, 0.05) is 50.7 Å². The van der Waals surface area contributed by atoms with Crippen LogP contribution in [0, 0.1) is 5.92 Å². The first-order chi connectivity index (χ1) is 12.1. The van der Waals surface area contributed by atoms with Crippen LogP contribution < -0.4 is 4.90 Å². The highest BCUT2D eigenvalue weighted by Gasteiger charge is 2.31. The summed E-state index contributed by atoms with van der Waals surface area (Å²) in [6.45, 7) is 5.22. The van der Waals surface area contributed by atoms with Gasteiger partial charge in [0.25, 0.3) is 5.91 Å². The lowest BCUT2D eigenvalue weighted by molar-refractivity contribution is -0.117. The maximum Gasteiger partial charge on any atom is 0.256 e. The highest BCUT2D eigenvalue weighted by molar-refractivity contribution is 6.31. The first-order valence-corrected chi connectivity index (χ1v) is 9.61. The molecule has 0 bridgehead atoms. The maximum absolute atomic E-state index is 13.1. The first-order valence-electron chi connectivity index (χ1n) is 9.23. The summed E-state index contributed by atoms with van der Waals surface area (Å²) in [5.74, 6) is 0.967. The Balaban J connectivity index is 1.49. The van der Waals surface area contributed by atoms with Gasteiger partial charge in [-0.1, -0.05) is 11.6 Å². The number of amides is 2. The summed E-state index contributed by atoms with van der Waals surface area (Å²) >= 11 is 6.14. The van der Waals surface area contributed by atoms with Crippen LogP contribution in [0.2, 0.25) is 5.02 Å². The Labute approximate surface area is 153 Å². The average molecular weight is 362 g/mol. The molecule has 5 nitrogen and oxygen atoms in total. The number of halogens is 1. The van der Waals surface area contributed by atoms with Crippen LogP contribution in [-0.4, -0.2) is 60.9 Å². The zero-order valence-corrected chi connectivity index (χ0v) is 15.2. The molecule has 3 fully saturated rings. The molecule has 0 atom stereocenters. The van der Waals surface area contributed by atoms with Gasteiger partial charge in [-0.2, -0.15) is 0 Å². The zero-order chi connectivity index (χ0) is 17.4. The van der Waals surface area contributed by atoms with Crippen molar-refractivity contribution in [3.63, 3.8) is 0 Å². The van der Waals surface area contributed by atoms with Crippen LogP contribution in [0.4, 0.5) is 5.69 Å². The summed E-state index contributed by atoms with van der Waals surface area (Å²) in [4.78, 5) is 31.3. The second kappa shape index (κ2) is 6.96. The van der Waals surface area contributed by atoms with Crippen LogP contribution >= 0.6 is 11.6 Å². The van der Waals surface area contributed by atoms with E-state index in [9.17, 15) is 9.59 Å². The summed E-state index contributed by atoms with van der Waals surface area (Å²) in [6.07, 6.45) is 4.09. The fourth-order valence-electron chi connectivity index (χ4n) is 3.78. The molecule has 25 heavy (non-hydrogen) atoms. The topological polar surface area (TPSA) is 43.9 Å². The third-order valence-corrected chi connectivity index (χ3v) is 5.66. The summed E-state index contributed by atoms with van der Waals surface area (Å²) in [5, 5.41) is 0.556. The lowest BCUT2D eigenvalue weighted by Crippen LogP contribution is -2.49.